The first-order chi connectivity index (χ1) is 17.9. The van der Waals surface area contributed by atoms with Crippen LogP contribution in [0.2, 0.25) is 0 Å². The summed E-state index contributed by atoms with van der Waals surface area (Å²) >= 11 is 0. The summed E-state index contributed by atoms with van der Waals surface area (Å²) in [7, 11) is 1.55. The van der Waals surface area contributed by atoms with Gasteiger partial charge in [0, 0.05) is 49.4 Å². The third-order valence-electron chi connectivity index (χ3n) is 6.44. The standard InChI is InChI=1S/C30H32FN3O3/c1-22-7-9-23(10-8-22)20-33(16-15-25-19-32-28-6-4-3-5-27(25)28)29(35)21-34(17-18-37-2)30(36)24-11-13-26(31)14-12-24/h3-14,19,32H,15-18,20-21H2,1-2H3. The van der Waals surface area contributed by atoms with Crippen LogP contribution in [0.1, 0.15) is 27.0 Å². The number of nitrogens with zero attached hydrogens (tertiary/aromatic N) is 2. The predicted octanol–water partition coefficient (Wildman–Crippen LogP) is 4.98. The van der Waals surface area contributed by atoms with Gasteiger partial charge < -0.3 is 19.5 Å². The number of aryl methyl sites for hydroxylation is 1. The van der Waals surface area contributed by atoms with Crippen molar-refractivity contribution in [3.05, 3.63) is 107 Å². The third kappa shape index (κ3) is 6.83. The van der Waals surface area contributed by atoms with Gasteiger partial charge in [-0.25, -0.2) is 4.39 Å². The van der Waals surface area contributed by atoms with E-state index in [0.717, 1.165) is 27.6 Å². The average molecular weight is 502 g/mol. The molecule has 6 nitrogen and oxygen atoms in total. The van der Waals surface area contributed by atoms with Crippen LogP contribution in [0.3, 0.4) is 0 Å². The first-order valence-electron chi connectivity index (χ1n) is 12.4. The number of nitrogens with one attached hydrogen (secondary N) is 1. The van der Waals surface area contributed by atoms with Gasteiger partial charge in [0.2, 0.25) is 5.91 Å². The lowest BCUT2D eigenvalue weighted by atomic mass is 10.1. The van der Waals surface area contributed by atoms with Crippen molar-refractivity contribution >= 4 is 22.7 Å². The summed E-state index contributed by atoms with van der Waals surface area (Å²) in [6.45, 7) is 3.40. The van der Waals surface area contributed by atoms with Crippen LogP contribution in [-0.2, 0) is 22.5 Å². The van der Waals surface area contributed by atoms with E-state index in [1.165, 1.54) is 29.2 Å². The molecule has 3 aromatic carbocycles. The number of para-hydroxylation sites is 1. The van der Waals surface area contributed by atoms with E-state index in [1.54, 1.807) is 12.0 Å². The van der Waals surface area contributed by atoms with E-state index in [4.69, 9.17) is 4.74 Å². The number of hydrogen-bond donors (Lipinski definition) is 1. The van der Waals surface area contributed by atoms with Gasteiger partial charge in [0.15, 0.2) is 0 Å². The molecule has 37 heavy (non-hydrogen) atoms. The van der Waals surface area contributed by atoms with Crippen molar-refractivity contribution in [2.75, 3.05) is 33.4 Å². The van der Waals surface area contributed by atoms with Crippen LogP contribution >= 0.6 is 0 Å². The summed E-state index contributed by atoms with van der Waals surface area (Å²) in [4.78, 5) is 33.4. The lowest BCUT2D eigenvalue weighted by molar-refractivity contribution is -0.132. The molecule has 0 aliphatic carbocycles. The maximum absolute atomic E-state index is 13.6. The number of aromatic nitrogens is 1. The molecule has 0 atom stereocenters. The Hall–Kier alpha value is -3.97. The number of hydrogen-bond acceptors (Lipinski definition) is 3. The monoisotopic (exact) mass is 501 g/mol. The number of ether oxygens (including phenoxy) is 1. The summed E-state index contributed by atoms with van der Waals surface area (Å²) in [6, 6.07) is 21.5. The highest BCUT2D eigenvalue weighted by atomic mass is 19.1. The van der Waals surface area contributed by atoms with Crippen LogP contribution in [0.25, 0.3) is 10.9 Å². The SMILES string of the molecule is COCCN(CC(=O)N(CCc1c[nH]c2ccccc12)Cc1ccc(C)cc1)C(=O)c1ccc(F)cc1. The topological polar surface area (TPSA) is 65.6 Å². The molecule has 0 aliphatic heterocycles. The van der Waals surface area contributed by atoms with Crippen molar-refractivity contribution < 1.29 is 18.7 Å². The van der Waals surface area contributed by atoms with E-state index in [2.05, 4.69) is 11.1 Å². The first-order valence-corrected chi connectivity index (χ1v) is 12.4. The van der Waals surface area contributed by atoms with Crippen molar-refractivity contribution in [3.8, 4) is 0 Å². The van der Waals surface area contributed by atoms with Gasteiger partial charge in [0.1, 0.15) is 12.4 Å². The van der Waals surface area contributed by atoms with Crippen molar-refractivity contribution in [2.24, 2.45) is 0 Å². The Morgan fingerprint density at radius 3 is 2.38 bits per heavy atom. The minimum Gasteiger partial charge on any atom is -0.383 e. The smallest absolute Gasteiger partial charge is 0.254 e. The molecular formula is C30H32FN3O3. The summed E-state index contributed by atoms with van der Waals surface area (Å²) in [5.41, 5.74) is 4.69. The number of carbonyl (C=O) groups excluding carboxylic acids is 2. The molecule has 0 fully saturated rings. The van der Waals surface area contributed by atoms with Crippen LogP contribution in [-0.4, -0.2) is 59.9 Å². The highest BCUT2D eigenvalue weighted by Gasteiger charge is 2.23. The summed E-state index contributed by atoms with van der Waals surface area (Å²) in [5, 5.41) is 1.14. The molecule has 1 heterocycles. The van der Waals surface area contributed by atoms with Crippen LogP contribution in [0.4, 0.5) is 4.39 Å². The normalized spacial score (nSPS) is 11.0. The average Bonchev–Trinajstić information content (AvgIpc) is 3.33. The molecule has 192 valence electrons. The molecule has 7 heteroatoms. The van der Waals surface area contributed by atoms with Gasteiger partial charge in [-0.05, 0) is 54.8 Å². The number of methoxy groups -OCH3 is 1. The lowest BCUT2D eigenvalue weighted by Gasteiger charge is -2.28. The molecule has 0 saturated carbocycles. The van der Waals surface area contributed by atoms with Gasteiger partial charge in [-0.1, -0.05) is 48.0 Å². The van der Waals surface area contributed by atoms with Gasteiger partial charge in [-0.2, -0.15) is 0 Å². The summed E-state index contributed by atoms with van der Waals surface area (Å²) in [5.74, 6) is -0.915. The zero-order valence-corrected chi connectivity index (χ0v) is 21.2. The fourth-order valence-corrected chi connectivity index (χ4v) is 4.29. The first kappa shape index (κ1) is 26.1. The number of H-pyrrole nitrogens is 1. The van der Waals surface area contributed by atoms with Gasteiger partial charge in [-0.3, -0.25) is 9.59 Å². The van der Waals surface area contributed by atoms with Gasteiger partial charge >= 0.3 is 0 Å². The Labute approximate surface area is 216 Å². The highest BCUT2D eigenvalue weighted by molar-refractivity contribution is 5.96. The number of halogens is 1. The molecule has 0 saturated heterocycles. The number of fused-ring (bicyclic) bond motifs is 1. The minimum absolute atomic E-state index is 0.0979. The molecule has 0 radical (unpaired) electrons. The third-order valence-corrected chi connectivity index (χ3v) is 6.44. The van der Waals surface area contributed by atoms with E-state index < -0.39 is 5.82 Å². The van der Waals surface area contributed by atoms with E-state index in [-0.39, 0.29) is 31.5 Å². The molecule has 0 bridgehead atoms. The van der Waals surface area contributed by atoms with Crippen LogP contribution in [0.5, 0.6) is 0 Å². The number of benzene rings is 3. The predicted molar refractivity (Wildman–Crippen MR) is 143 cm³/mol. The maximum atomic E-state index is 13.6. The molecule has 1 aromatic heterocycles. The molecule has 0 aliphatic rings. The van der Waals surface area contributed by atoms with Crippen molar-refractivity contribution in [2.45, 2.75) is 19.9 Å². The number of carbonyl (C=O) groups is 2. The molecule has 4 aromatic rings. The van der Waals surface area contributed by atoms with Crippen LogP contribution in [0, 0.1) is 12.7 Å². The lowest BCUT2D eigenvalue weighted by Crippen LogP contribution is -2.44. The van der Waals surface area contributed by atoms with E-state index in [0.29, 0.717) is 25.1 Å². The summed E-state index contributed by atoms with van der Waals surface area (Å²) < 4.78 is 18.6. The largest absolute Gasteiger partial charge is 0.383 e. The fraction of sp³-hybridized carbons (Fsp3) is 0.267. The molecule has 1 N–H and O–H groups in total. The molecule has 0 unspecified atom stereocenters. The Balaban J connectivity index is 1.53. The Morgan fingerprint density at radius 2 is 1.65 bits per heavy atom. The zero-order chi connectivity index (χ0) is 26.2. The minimum atomic E-state index is -0.419. The van der Waals surface area contributed by atoms with Crippen molar-refractivity contribution in [1.29, 1.82) is 0 Å². The molecule has 4 rings (SSSR count). The van der Waals surface area contributed by atoms with Gasteiger partial charge in [-0.15, -0.1) is 0 Å². The maximum Gasteiger partial charge on any atom is 0.254 e. The van der Waals surface area contributed by atoms with Crippen LogP contribution < -0.4 is 0 Å². The van der Waals surface area contributed by atoms with E-state index in [9.17, 15) is 14.0 Å². The van der Waals surface area contributed by atoms with E-state index >= 15 is 0 Å². The second kappa shape index (κ2) is 12.3. The Bertz CT molecular complexity index is 1330. The zero-order valence-electron chi connectivity index (χ0n) is 21.2. The number of amides is 2. The quantitative estimate of drug-likeness (QED) is 0.315. The van der Waals surface area contributed by atoms with Crippen molar-refractivity contribution in [1.82, 2.24) is 14.8 Å². The molecular weight excluding hydrogens is 469 g/mol. The van der Waals surface area contributed by atoms with Crippen molar-refractivity contribution in [3.63, 3.8) is 0 Å². The van der Waals surface area contributed by atoms with Gasteiger partial charge in [0.05, 0.1) is 6.61 Å². The number of aromatic amines is 1. The fourth-order valence-electron chi connectivity index (χ4n) is 4.29. The Kier molecular flexibility index (Phi) is 8.69. The van der Waals surface area contributed by atoms with E-state index in [1.807, 2.05) is 55.6 Å². The second-order valence-corrected chi connectivity index (χ2v) is 9.14. The van der Waals surface area contributed by atoms with Gasteiger partial charge in [0.25, 0.3) is 5.91 Å². The Morgan fingerprint density at radius 1 is 0.919 bits per heavy atom. The highest BCUT2D eigenvalue weighted by Crippen LogP contribution is 2.19. The summed E-state index contributed by atoms with van der Waals surface area (Å²) in [6.07, 6.45) is 2.66. The number of rotatable bonds is 11. The molecule has 2 amide bonds. The second-order valence-electron chi connectivity index (χ2n) is 9.14. The van der Waals surface area contributed by atoms with Crippen LogP contribution in [0.15, 0.2) is 79.0 Å². The molecule has 0 spiro atoms.